The number of hydrazone groups is 1. The molecule has 2 saturated heterocycles. The average Bonchev–Trinajstić information content (AvgIpc) is 2.46. The molecule has 4 nitrogen and oxygen atoms in total. The zero-order valence-corrected chi connectivity index (χ0v) is 22.1. The van der Waals surface area contributed by atoms with Crippen molar-refractivity contribution in [1.29, 1.82) is 0 Å². The van der Waals surface area contributed by atoms with Gasteiger partial charge in [-0.25, -0.2) is 14.5 Å². The van der Waals surface area contributed by atoms with Crippen molar-refractivity contribution in [1.82, 2.24) is 15.4 Å². The average molecular weight is 472 g/mol. The third-order valence-electron chi connectivity index (χ3n) is 4.65. The zero-order valence-electron chi connectivity index (χ0n) is 15.8. The summed E-state index contributed by atoms with van der Waals surface area (Å²) in [5, 5.41) is 8.36. The molecule has 4 unspecified atom stereocenters. The largest absolute Gasteiger partial charge is 2.00 e. The second kappa shape index (κ2) is 13.0. The minimum Gasteiger partial charge on any atom is -0.787 e. The monoisotopic (exact) mass is 470 g/mol. The third-order valence-corrected chi connectivity index (χ3v) is 5.01. The van der Waals surface area contributed by atoms with Gasteiger partial charge in [0.15, 0.2) is 0 Å². The topological polar surface area (TPSA) is 30.9 Å². The quantitative estimate of drug-likeness (QED) is 0.160. The Balaban J connectivity index is 0.000000443. The van der Waals surface area contributed by atoms with Crippen LogP contribution in [-0.2, 0) is 44.7 Å². The molecule has 0 saturated carbocycles. The minimum absolute atomic E-state index is 0. The summed E-state index contributed by atoms with van der Waals surface area (Å²) in [5.41, 5.74) is 3.09. The van der Waals surface area contributed by atoms with Gasteiger partial charge in [-0.2, -0.15) is 0 Å². The SMILES string of the molecule is CC1CCC(C)N(N=C([S-])[S-])C1.CC1CCC(C)N(NC(=S)S)C1.[Zn+2]. The molecular weight excluding hydrogens is 442 g/mol. The first-order valence-electron chi connectivity index (χ1n) is 8.64. The van der Waals surface area contributed by atoms with E-state index in [-0.39, 0.29) is 19.5 Å². The van der Waals surface area contributed by atoms with Gasteiger partial charge in [-0.1, -0.05) is 26.1 Å². The van der Waals surface area contributed by atoms with E-state index in [0.29, 0.717) is 26.7 Å². The van der Waals surface area contributed by atoms with Crippen LogP contribution in [0.25, 0.3) is 0 Å². The molecule has 2 heterocycles. The molecule has 25 heavy (non-hydrogen) atoms. The Morgan fingerprint density at radius 3 is 2.04 bits per heavy atom. The number of piperidine rings is 2. The van der Waals surface area contributed by atoms with E-state index in [1.165, 1.54) is 25.7 Å². The summed E-state index contributed by atoms with van der Waals surface area (Å²) in [4.78, 5) is 0. The van der Waals surface area contributed by atoms with Crippen molar-refractivity contribution in [3.05, 3.63) is 0 Å². The first-order chi connectivity index (χ1) is 11.2. The molecule has 0 amide bonds. The van der Waals surface area contributed by atoms with Gasteiger partial charge in [0.05, 0.1) is 0 Å². The second-order valence-electron chi connectivity index (χ2n) is 7.12. The first kappa shape index (κ1) is 25.7. The first-order valence-corrected chi connectivity index (χ1v) is 10.3. The Morgan fingerprint density at radius 2 is 1.52 bits per heavy atom. The maximum absolute atomic E-state index is 4.88. The van der Waals surface area contributed by atoms with Crippen molar-refractivity contribution in [3.63, 3.8) is 0 Å². The summed E-state index contributed by atoms with van der Waals surface area (Å²) in [6.45, 7) is 11.0. The van der Waals surface area contributed by atoms with E-state index in [2.05, 4.69) is 55.9 Å². The Morgan fingerprint density at radius 1 is 1.00 bits per heavy atom. The molecule has 0 aromatic heterocycles. The van der Waals surface area contributed by atoms with Crippen LogP contribution in [0.5, 0.6) is 0 Å². The summed E-state index contributed by atoms with van der Waals surface area (Å²) in [7, 11) is 0. The fourth-order valence-corrected chi connectivity index (χ4v) is 3.53. The number of hydrazine groups is 1. The maximum Gasteiger partial charge on any atom is 2.00 e. The van der Waals surface area contributed by atoms with Crippen molar-refractivity contribution in [3.8, 4) is 0 Å². The number of hydrogen-bond acceptors (Lipinski definition) is 6. The van der Waals surface area contributed by atoms with Crippen LogP contribution < -0.4 is 5.43 Å². The zero-order chi connectivity index (χ0) is 18.3. The number of thiocarbonyl (C=S) groups is 1. The summed E-state index contributed by atoms with van der Waals surface area (Å²) >= 11 is 18.5. The fourth-order valence-electron chi connectivity index (χ4n) is 3.08. The van der Waals surface area contributed by atoms with Crippen molar-refractivity contribution in [2.75, 3.05) is 13.1 Å². The van der Waals surface area contributed by atoms with E-state index in [1.54, 1.807) is 0 Å². The fraction of sp³-hybridized carbons (Fsp3) is 0.875. The van der Waals surface area contributed by atoms with Crippen LogP contribution in [0.1, 0.15) is 53.4 Å². The Labute approximate surface area is 188 Å². The molecule has 0 aliphatic carbocycles. The van der Waals surface area contributed by atoms with Gasteiger partial charge in [0.2, 0.25) is 0 Å². The molecule has 0 bridgehead atoms. The number of rotatable bonds is 2. The number of nitrogens with one attached hydrogen (secondary N) is 1. The summed E-state index contributed by atoms with van der Waals surface area (Å²) in [6.07, 6.45) is 5.04. The predicted molar refractivity (Wildman–Crippen MR) is 116 cm³/mol. The van der Waals surface area contributed by atoms with E-state index in [9.17, 15) is 0 Å². The van der Waals surface area contributed by atoms with Crippen molar-refractivity contribution in [2.45, 2.75) is 65.5 Å². The molecule has 2 aliphatic rings. The van der Waals surface area contributed by atoms with Gasteiger partial charge >= 0.3 is 19.5 Å². The van der Waals surface area contributed by atoms with Crippen molar-refractivity contribution < 1.29 is 19.5 Å². The van der Waals surface area contributed by atoms with E-state index in [0.717, 1.165) is 19.0 Å². The second-order valence-corrected chi connectivity index (χ2v) is 9.31. The van der Waals surface area contributed by atoms with E-state index < -0.39 is 0 Å². The van der Waals surface area contributed by atoms with Crippen LogP contribution in [0.15, 0.2) is 5.10 Å². The van der Waals surface area contributed by atoms with Crippen LogP contribution in [0.2, 0.25) is 0 Å². The Hall–Kier alpha value is 0.733. The van der Waals surface area contributed by atoms with E-state index in [4.69, 9.17) is 37.5 Å². The molecule has 2 aliphatic heterocycles. The van der Waals surface area contributed by atoms with Crippen LogP contribution in [0, 0.1) is 11.8 Å². The van der Waals surface area contributed by atoms with Gasteiger partial charge in [-0.05, 0) is 51.4 Å². The Kier molecular flexibility index (Phi) is 13.4. The van der Waals surface area contributed by atoms with Crippen LogP contribution >= 0.6 is 24.8 Å². The molecule has 4 atom stereocenters. The molecule has 9 heteroatoms. The molecular formula is C16H30N4S4Zn. The summed E-state index contributed by atoms with van der Waals surface area (Å²) in [6, 6.07) is 1.08. The summed E-state index contributed by atoms with van der Waals surface area (Å²) < 4.78 is 0.895. The van der Waals surface area contributed by atoms with Crippen LogP contribution in [-0.4, -0.2) is 43.9 Å². The van der Waals surface area contributed by atoms with Gasteiger partial charge in [-0.15, -0.1) is 12.6 Å². The maximum atomic E-state index is 4.88. The van der Waals surface area contributed by atoms with Gasteiger partial charge in [0, 0.05) is 25.2 Å². The molecule has 0 spiro atoms. The molecule has 0 aromatic rings. The van der Waals surface area contributed by atoms with Crippen molar-refractivity contribution >= 4 is 58.8 Å². The number of thiol groups is 1. The molecule has 0 aromatic carbocycles. The molecule has 140 valence electrons. The normalized spacial score (nSPS) is 29.6. The minimum atomic E-state index is 0. The smallest absolute Gasteiger partial charge is 0.787 e. The van der Waals surface area contributed by atoms with E-state index >= 15 is 0 Å². The molecule has 1 N–H and O–H groups in total. The number of nitrogens with zero attached hydrogens (tertiary/aromatic N) is 3. The van der Waals surface area contributed by atoms with Gasteiger partial charge in [0.25, 0.3) is 0 Å². The number of hydrogen-bond donors (Lipinski definition) is 2. The summed E-state index contributed by atoms with van der Waals surface area (Å²) in [5.74, 6) is 1.48. The van der Waals surface area contributed by atoms with Crippen molar-refractivity contribution in [2.24, 2.45) is 16.9 Å². The van der Waals surface area contributed by atoms with Crippen LogP contribution in [0.4, 0.5) is 0 Å². The van der Waals surface area contributed by atoms with Gasteiger partial charge < -0.3 is 30.7 Å². The Bertz CT molecular complexity index is 434. The predicted octanol–water partition coefficient (Wildman–Crippen LogP) is 3.30. The van der Waals surface area contributed by atoms with E-state index in [1.807, 2.05) is 5.01 Å². The van der Waals surface area contributed by atoms with Gasteiger partial charge in [-0.3, -0.25) is 5.01 Å². The molecule has 0 radical (unpaired) electrons. The standard InChI is InChI=1S/2C8H16N2S2.Zn/c2*1-6-3-4-7(2)10(5-6)9-8(11)12;/h2*6-7H,3-5H2,1-2H3,(H2,9,11,12);/q;;+2/p-2. The third kappa shape index (κ3) is 10.6. The van der Waals surface area contributed by atoms with Crippen LogP contribution in [0.3, 0.4) is 0 Å². The molecule has 2 fully saturated rings. The molecule has 2 rings (SSSR count). The van der Waals surface area contributed by atoms with Gasteiger partial charge in [0.1, 0.15) is 4.32 Å².